The molecule has 1 aliphatic heterocycles. The van der Waals surface area contributed by atoms with Gasteiger partial charge < -0.3 is 10.1 Å². The molecule has 4 nitrogen and oxygen atoms in total. The predicted molar refractivity (Wildman–Crippen MR) is 100 cm³/mol. The van der Waals surface area contributed by atoms with Crippen LogP contribution in [-0.4, -0.2) is 30.1 Å². The maximum absolute atomic E-state index is 13.5. The second-order valence-corrected chi connectivity index (χ2v) is 6.81. The SMILES string of the molecule is CC(=O)Nc1ccc(CN(Cc2cccc(F)c2)C[C@H]2CCCO2)cc1. The molecule has 1 amide bonds. The summed E-state index contributed by atoms with van der Waals surface area (Å²) < 4.78 is 19.3. The summed E-state index contributed by atoms with van der Waals surface area (Å²) in [5.41, 5.74) is 2.89. The lowest BCUT2D eigenvalue weighted by Gasteiger charge is -2.25. The number of ether oxygens (including phenoxy) is 1. The molecule has 0 aromatic heterocycles. The monoisotopic (exact) mass is 356 g/mol. The number of nitrogens with one attached hydrogen (secondary N) is 1. The Morgan fingerprint density at radius 3 is 2.62 bits per heavy atom. The molecule has 0 bridgehead atoms. The molecule has 1 atom stereocenters. The summed E-state index contributed by atoms with van der Waals surface area (Å²) in [7, 11) is 0. The molecule has 1 saturated heterocycles. The third-order valence-corrected chi connectivity index (χ3v) is 4.46. The number of nitrogens with zero attached hydrogens (tertiary/aromatic N) is 1. The van der Waals surface area contributed by atoms with Crippen LogP contribution in [0.5, 0.6) is 0 Å². The molecule has 5 heteroatoms. The minimum Gasteiger partial charge on any atom is -0.377 e. The average molecular weight is 356 g/mol. The third-order valence-electron chi connectivity index (χ3n) is 4.46. The molecule has 1 heterocycles. The first-order chi connectivity index (χ1) is 12.6. The van der Waals surface area contributed by atoms with E-state index in [4.69, 9.17) is 4.74 Å². The first-order valence-corrected chi connectivity index (χ1v) is 9.03. The number of halogens is 1. The van der Waals surface area contributed by atoms with Crippen molar-refractivity contribution in [2.45, 2.75) is 39.0 Å². The number of hydrogen-bond acceptors (Lipinski definition) is 3. The maximum Gasteiger partial charge on any atom is 0.221 e. The van der Waals surface area contributed by atoms with Crippen LogP contribution in [0.2, 0.25) is 0 Å². The number of rotatable bonds is 7. The van der Waals surface area contributed by atoms with Crippen LogP contribution in [-0.2, 0) is 22.6 Å². The first kappa shape index (κ1) is 18.5. The second-order valence-electron chi connectivity index (χ2n) is 6.81. The quantitative estimate of drug-likeness (QED) is 0.816. The van der Waals surface area contributed by atoms with Gasteiger partial charge in [-0.3, -0.25) is 9.69 Å². The van der Waals surface area contributed by atoms with Gasteiger partial charge in [0.05, 0.1) is 6.10 Å². The van der Waals surface area contributed by atoms with Gasteiger partial charge in [-0.2, -0.15) is 0 Å². The molecular weight excluding hydrogens is 331 g/mol. The van der Waals surface area contributed by atoms with E-state index in [0.29, 0.717) is 6.54 Å². The molecule has 0 unspecified atom stereocenters. The Bertz CT molecular complexity index is 727. The number of benzene rings is 2. The summed E-state index contributed by atoms with van der Waals surface area (Å²) in [6.45, 7) is 4.56. The number of hydrogen-bond donors (Lipinski definition) is 1. The van der Waals surface area contributed by atoms with Crippen LogP contribution < -0.4 is 5.32 Å². The number of carbonyl (C=O) groups excluding carboxylic acids is 1. The summed E-state index contributed by atoms with van der Waals surface area (Å²) in [5.74, 6) is -0.289. The first-order valence-electron chi connectivity index (χ1n) is 9.03. The Balaban J connectivity index is 1.68. The van der Waals surface area contributed by atoms with Crippen molar-refractivity contribution in [1.82, 2.24) is 4.90 Å². The minimum absolute atomic E-state index is 0.0798. The van der Waals surface area contributed by atoms with Gasteiger partial charge >= 0.3 is 0 Å². The van der Waals surface area contributed by atoms with Crippen LogP contribution >= 0.6 is 0 Å². The Labute approximate surface area is 154 Å². The van der Waals surface area contributed by atoms with Crippen LogP contribution in [0.3, 0.4) is 0 Å². The van der Waals surface area contributed by atoms with E-state index in [1.807, 2.05) is 30.3 Å². The molecule has 26 heavy (non-hydrogen) atoms. The van der Waals surface area contributed by atoms with Gasteiger partial charge in [0.25, 0.3) is 0 Å². The fourth-order valence-electron chi connectivity index (χ4n) is 3.31. The Morgan fingerprint density at radius 2 is 1.96 bits per heavy atom. The molecule has 2 aromatic rings. The van der Waals surface area contributed by atoms with Crippen molar-refractivity contribution < 1.29 is 13.9 Å². The van der Waals surface area contributed by atoms with Crippen molar-refractivity contribution in [3.8, 4) is 0 Å². The smallest absolute Gasteiger partial charge is 0.221 e. The van der Waals surface area contributed by atoms with Gasteiger partial charge in [0.1, 0.15) is 5.82 Å². The highest BCUT2D eigenvalue weighted by Crippen LogP contribution is 2.18. The normalized spacial score (nSPS) is 16.8. The van der Waals surface area contributed by atoms with E-state index in [-0.39, 0.29) is 17.8 Å². The Morgan fingerprint density at radius 1 is 1.19 bits per heavy atom. The molecule has 0 radical (unpaired) electrons. The van der Waals surface area contributed by atoms with Crippen LogP contribution in [0.1, 0.15) is 30.9 Å². The van der Waals surface area contributed by atoms with E-state index < -0.39 is 0 Å². The minimum atomic E-state index is -0.209. The highest BCUT2D eigenvalue weighted by atomic mass is 19.1. The van der Waals surface area contributed by atoms with Crippen LogP contribution in [0.15, 0.2) is 48.5 Å². The van der Waals surface area contributed by atoms with E-state index in [2.05, 4.69) is 10.2 Å². The summed E-state index contributed by atoms with van der Waals surface area (Å²) >= 11 is 0. The van der Waals surface area contributed by atoms with Crippen LogP contribution in [0.4, 0.5) is 10.1 Å². The van der Waals surface area contributed by atoms with Gasteiger partial charge in [0.15, 0.2) is 0 Å². The highest BCUT2D eigenvalue weighted by molar-refractivity contribution is 5.88. The molecule has 1 fully saturated rings. The zero-order valence-corrected chi connectivity index (χ0v) is 15.1. The van der Waals surface area contributed by atoms with Crippen molar-refractivity contribution in [3.05, 3.63) is 65.5 Å². The summed E-state index contributed by atoms with van der Waals surface area (Å²) in [6, 6.07) is 14.6. The average Bonchev–Trinajstić information content (AvgIpc) is 3.09. The molecule has 1 aliphatic rings. The van der Waals surface area contributed by atoms with E-state index in [0.717, 1.165) is 49.4 Å². The van der Waals surface area contributed by atoms with Gasteiger partial charge in [-0.1, -0.05) is 24.3 Å². The number of amides is 1. The summed E-state index contributed by atoms with van der Waals surface area (Å²) in [5, 5.41) is 2.78. The van der Waals surface area contributed by atoms with E-state index in [1.54, 1.807) is 12.1 Å². The van der Waals surface area contributed by atoms with Crippen molar-refractivity contribution >= 4 is 11.6 Å². The molecule has 1 N–H and O–H groups in total. The van der Waals surface area contributed by atoms with Crippen molar-refractivity contribution in [2.75, 3.05) is 18.5 Å². The topological polar surface area (TPSA) is 41.6 Å². The molecule has 0 aliphatic carbocycles. The van der Waals surface area contributed by atoms with Crippen molar-refractivity contribution in [2.24, 2.45) is 0 Å². The largest absolute Gasteiger partial charge is 0.377 e. The Kier molecular flexibility index (Phi) is 6.36. The fourth-order valence-corrected chi connectivity index (χ4v) is 3.31. The predicted octanol–water partition coefficient (Wildman–Crippen LogP) is 3.97. The second kappa shape index (κ2) is 8.92. The lowest BCUT2D eigenvalue weighted by Crippen LogP contribution is -2.31. The molecule has 3 rings (SSSR count). The lowest BCUT2D eigenvalue weighted by atomic mass is 10.1. The van der Waals surface area contributed by atoms with Crippen LogP contribution in [0.25, 0.3) is 0 Å². The molecule has 0 spiro atoms. The lowest BCUT2D eigenvalue weighted by molar-refractivity contribution is -0.114. The summed E-state index contributed by atoms with van der Waals surface area (Å²) in [6.07, 6.45) is 2.41. The molecule has 138 valence electrons. The van der Waals surface area contributed by atoms with Gasteiger partial charge in [-0.15, -0.1) is 0 Å². The number of anilines is 1. The fraction of sp³-hybridized carbons (Fsp3) is 0.381. The zero-order chi connectivity index (χ0) is 18.4. The third kappa shape index (κ3) is 5.64. The van der Waals surface area contributed by atoms with Crippen molar-refractivity contribution in [3.63, 3.8) is 0 Å². The molecular formula is C21H25FN2O2. The molecule has 2 aromatic carbocycles. The van der Waals surface area contributed by atoms with Gasteiger partial charge in [-0.25, -0.2) is 4.39 Å². The Hall–Kier alpha value is -2.24. The van der Waals surface area contributed by atoms with Gasteiger partial charge in [-0.05, 0) is 48.2 Å². The number of carbonyl (C=O) groups is 1. The van der Waals surface area contributed by atoms with E-state index in [1.165, 1.54) is 13.0 Å². The maximum atomic E-state index is 13.5. The van der Waals surface area contributed by atoms with Crippen LogP contribution in [0, 0.1) is 5.82 Å². The summed E-state index contributed by atoms with van der Waals surface area (Å²) in [4.78, 5) is 13.4. The van der Waals surface area contributed by atoms with E-state index >= 15 is 0 Å². The highest BCUT2D eigenvalue weighted by Gasteiger charge is 2.19. The van der Waals surface area contributed by atoms with Crippen molar-refractivity contribution in [1.29, 1.82) is 0 Å². The van der Waals surface area contributed by atoms with Gasteiger partial charge in [0.2, 0.25) is 5.91 Å². The van der Waals surface area contributed by atoms with Gasteiger partial charge in [0, 0.05) is 38.9 Å². The van der Waals surface area contributed by atoms with E-state index in [9.17, 15) is 9.18 Å². The zero-order valence-electron chi connectivity index (χ0n) is 15.1. The molecule has 0 saturated carbocycles. The standard InChI is InChI=1S/C21H25FN2O2/c1-16(25)23-20-9-7-17(8-10-20)13-24(15-21-6-3-11-26-21)14-18-4-2-5-19(22)12-18/h2,4-5,7-10,12,21H,3,6,11,13-15H2,1H3,(H,23,25)/t21-/m1/s1.